The predicted octanol–water partition coefficient (Wildman–Crippen LogP) is 6.61. The summed E-state index contributed by atoms with van der Waals surface area (Å²) in [5, 5.41) is 3.35. The second kappa shape index (κ2) is 11.1. The number of amides is 1. The summed E-state index contributed by atoms with van der Waals surface area (Å²) >= 11 is 3.47. The van der Waals surface area contributed by atoms with Gasteiger partial charge >= 0.3 is 0 Å². The smallest absolute Gasteiger partial charge is 0.264 e. The maximum absolute atomic E-state index is 13.5. The lowest BCUT2D eigenvalue weighted by Crippen LogP contribution is -2.19. The predicted molar refractivity (Wildman–Crippen MR) is 143 cm³/mol. The van der Waals surface area contributed by atoms with E-state index in [1.165, 1.54) is 23.9 Å². The summed E-state index contributed by atoms with van der Waals surface area (Å²) in [6, 6.07) is 17.8. The second-order valence-corrected chi connectivity index (χ2v) is 9.69. The van der Waals surface area contributed by atoms with Gasteiger partial charge in [-0.25, -0.2) is 9.38 Å². The fraction of sp³-hybridized carbons (Fsp3) is 0.154. The number of carbonyl (C=O) groups excluding carboxylic acids is 1. The summed E-state index contributed by atoms with van der Waals surface area (Å²) in [5.74, 6) is 0.643. The Hall–Kier alpha value is -2.85. The van der Waals surface area contributed by atoms with Crippen molar-refractivity contribution in [2.24, 2.45) is 4.99 Å². The number of halogens is 2. The molecule has 5 nitrogen and oxygen atoms in total. The summed E-state index contributed by atoms with van der Waals surface area (Å²) in [6.07, 6.45) is 1.80. The molecule has 1 saturated heterocycles. The van der Waals surface area contributed by atoms with Crippen LogP contribution in [0.3, 0.4) is 0 Å². The van der Waals surface area contributed by atoms with E-state index in [0.29, 0.717) is 28.2 Å². The van der Waals surface area contributed by atoms with Crippen molar-refractivity contribution in [1.29, 1.82) is 0 Å². The first kappa shape index (κ1) is 24.3. The standard InChI is InChI=1S/C26H22FIN2O3S/c1-3-32-22-13-18(12-21(28)24(22)33-15-17-5-4-6-19(27)11-17)14-23-25(31)30-26(34-23)29-20-9-7-16(2)8-10-20/h4-14H,3,15H2,1-2H3,(H,29,30,31)/b23-14+. The van der Waals surface area contributed by atoms with Gasteiger partial charge in [0, 0.05) is 0 Å². The van der Waals surface area contributed by atoms with Crippen molar-refractivity contribution < 1.29 is 18.7 Å². The van der Waals surface area contributed by atoms with Gasteiger partial charge in [-0.2, -0.15) is 0 Å². The van der Waals surface area contributed by atoms with Crippen LogP contribution in [0.1, 0.15) is 23.6 Å². The van der Waals surface area contributed by atoms with Crippen molar-refractivity contribution in [2.75, 3.05) is 6.61 Å². The van der Waals surface area contributed by atoms with Crippen molar-refractivity contribution in [2.45, 2.75) is 20.5 Å². The minimum atomic E-state index is -0.305. The van der Waals surface area contributed by atoms with Crippen LogP contribution >= 0.6 is 34.4 Å². The Bertz CT molecular complexity index is 1280. The molecule has 8 heteroatoms. The molecular weight excluding hydrogens is 566 g/mol. The largest absolute Gasteiger partial charge is 0.490 e. The van der Waals surface area contributed by atoms with Gasteiger partial charge in [0.15, 0.2) is 16.7 Å². The maximum Gasteiger partial charge on any atom is 0.264 e. The molecule has 1 amide bonds. The highest BCUT2D eigenvalue weighted by molar-refractivity contribution is 14.1. The number of aliphatic imine (C=N–C) groups is 1. The number of benzene rings is 3. The molecule has 1 N–H and O–H groups in total. The number of amidine groups is 1. The van der Waals surface area contributed by atoms with Gasteiger partial charge in [0.1, 0.15) is 12.4 Å². The van der Waals surface area contributed by atoms with Crippen molar-refractivity contribution in [3.05, 3.63) is 91.6 Å². The summed E-state index contributed by atoms with van der Waals surface area (Å²) in [6.45, 7) is 4.57. The van der Waals surface area contributed by atoms with E-state index in [-0.39, 0.29) is 18.3 Å². The van der Waals surface area contributed by atoms with Crippen LogP contribution in [0.5, 0.6) is 11.5 Å². The zero-order valence-corrected chi connectivity index (χ0v) is 21.6. The topological polar surface area (TPSA) is 59.9 Å². The average molecular weight is 588 g/mol. The SMILES string of the molecule is CCOc1cc(/C=C2/SC(=Nc3ccc(C)cc3)NC2=O)cc(I)c1OCc1cccc(F)c1. The molecule has 4 rings (SSSR count). The minimum Gasteiger partial charge on any atom is -0.490 e. The number of rotatable bonds is 7. The molecule has 0 saturated carbocycles. The maximum atomic E-state index is 13.5. The van der Waals surface area contributed by atoms with Crippen LogP contribution in [-0.2, 0) is 11.4 Å². The van der Waals surface area contributed by atoms with Crippen LogP contribution in [-0.4, -0.2) is 17.7 Å². The highest BCUT2D eigenvalue weighted by Crippen LogP contribution is 2.37. The number of nitrogens with zero attached hydrogens (tertiary/aromatic N) is 1. The van der Waals surface area contributed by atoms with Gasteiger partial charge in [-0.05, 0) is 102 Å². The Morgan fingerprint density at radius 1 is 1.12 bits per heavy atom. The monoisotopic (exact) mass is 588 g/mol. The lowest BCUT2D eigenvalue weighted by Gasteiger charge is -2.15. The van der Waals surface area contributed by atoms with Gasteiger partial charge < -0.3 is 14.8 Å². The molecule has 3 aromatic carbocycles. The van der Waals surface area contributed by atoms with Crippen molar-refractivity contribution in [3.8, 4) is 11.5 Å². The van der Waals surface area contributed by atoms with E-state index in [9.17, 15) is 9.18 Å². The zero-order valence-electron chi connectivity index (χ0n) is 18.6. The molecule has 1 fully saturated rings. The third-order valence-electron chi connectivity index (χ3n) is 4.82. The minimum absolute atomic E-state index is 0.199. The van der Waals surface area contributed by atoms with E-state index < -0.39 is 0 Å². The Balaban J connectivity index is 1.55. The third-order valence-corrected chi connectivity index (χ3v) is 6.53. The Kier molecular flexibility index (Phi) is 7.89. The molecule has 1 heterocycles. The first-order chi connectivity index (χ1) is 16.4. The van der Waals surface area contributed by atoms with E-state index in [4.69, 9.17) is 9.47 Å². The van der Waals surface area contributed by atoms with Crippen LogP contribution in [0.4, 0.5) is 10.1 Å². The molecular formula is C26H22FIN2O3S. The highest BCUT2D eigenvalue weighted by atomic mass is 127. The van der Waals surface area contributed by atoms with E-state index in [1.54, 1.807) is 18.2 Å². The van der Waals surface area contributed by atoms with Crippen LogP contribution in [0, 0.1) is 16.3 Å². The lowest BCUT2D eigenvalue weighted by molar-refractivity contribution is -0.115. The van der Waals surface area contributed by atoms with Crippen LogP contribution in [0.2, 0.25) is 0 Å². The lowest BCUT2D eigenvalue weighted by atomic mass is 10.1. The Labute approximate surface area is 215 Å². The second-order valence-electron chi connectivity index (χ2n) is 7.50. The molecule has 1 aliphatic rings. The van der Waals surface area contributed by atoms with E-state index in [0.717, 1.165) is 25.9 Å². The van der Waals surface area contributed by atoms with Gasteiger partial charge in [0.2, 0.25) is 0 Å². The molecule has 0 atom stereocenters. The number of thioether (sulfide) groups is 1. The van der Waals surface area contributed by atoms with Crippen LogP contribution < -0.4 is 14.8 Å². The van der Waals surface area contributed by atoms with E-state index in [1.807, 2.05) is 50.2 Å². The van der Waals surface area contributed by atoms with Crippen molar-refractivity contribution in [3.63, 3.8) is 0 Å². The molecule has 1 aliphatic heterocycles. The fourth-order valence-corrected chi connectivity index (χ4v) is 4.85. The summed E-state index contributed by atoms with van der Waals surface area (Å²) < 4.78 is 26.1. The molecule has 0 aromatic heterocycles. The highest BCUT2D eigenvalue weighted by Gasteiger charge is 2.24. The normalized spacial score (nSPS) is 15.6. The number of aryl methyl sites for hydroxylation is 1. The number of hydrogen-bond acceptors (Lipinski definition) is 5. The molecule has 0 unspecified atom stereocenters. The first-order valence-corrected chi connectivity index (χ1v) is 12.5. The number of nitrogens with one attached hydrogen (secondary N) is 1. The van der Waals surface area contributed by atoms with E-state index in [2.05, 4.69) is 32.9 Å². The van der Waals surface area contributed by atoms with Gasteiger partial charge in [-0.15, -0.1) is 0 Å². The summed E-state index contributed by atoms with van der Waals surface area (Å²) in [4.78, 5) is 17.6. The molecule has 0 spiro atoms. The summed E-state index contributed by atoms with van der Waals surface area (Å²) in [5.41, 5.74) is 3.46. The van der Waals surface area contributed by atoms with Gasteiger partial charge in [-0.3, -0.25) is 4.79 Å². The zero-order chi connectivity index (χ0) is 24.1. The number of ether oxygens (including phenoxy) is 2. The van der Waals surface area contributed by atoms with E-state index >= 15 is 0 Å². The van der Waals surface area contributed by atoms with Crippen LogP contribution in [0.15, 0.2) is 70.6 Å². The number of carbonyl (C=O) groups is 1. The molecule has 34 heavy (non-hydrogen) atoms. The van der Waals surface area contributed by atoms with Crippen molar-refractivity contribution in [1.82, 2.24) is 5.32 Å². The van der Waals surface area contributed by atoms with Crippen LogP contribution in [0.25, 0.3) is 6.08 Å². The fourth-order valence-electron chi connectivity index (χ4n) is 3.22. The first-order valence-electron chi connectivity index (χ1n) is 10.6. The van der Waals surface area contributed by atoms with Gasteiger partial charge in [-0.1, -0.05) is 29.8 Å². The molecule has 3 aromatic rings. The van der Waals surface area contributed by atoms with Crippen molar-refractivity contribution >= 4 is 57.2 Å². The molecule has 0 bridgehead atoms. The van der Waals surface area contributed by atoms with Gasteiger partial charge in [0.05, 0.1) is 20.8 Å². The Morgan fingerprint density at radius 2 is 1.91 bits per heavy atom. The molecule has 0 radical (unpaired) electrons. The third kappa shape index (κ3) is 6.18. The quantitative estimate of drug-likeness (QED) is 0.250. The average Bonchev–Trinajstić information content (AvgIpc) is 3.13. The summed E-state index contributed by atoms with van der Waals surface area (Å²) in [7, 11) is 0. The molecule has 0 aliphatic carbocycles. The molecule has 174 valence electrons. The Morgan fingerprint density at radius 3 is 2.65 bits per heavy atom. The number of hydrogen-bond donors (Lipinski definition) is 1. The van der Waals surface area contributed by atoms with Gasteiger partial charge in [0.25, 0.3) is 5.91 Å².